The van der Waals surface area contributed by atoms with E-state index < -0.39 is 24.0 Å². The summed E-state index contributed by atoms with van der Waals surface area (Å²) in [6.07, 6.45) is 7.97. The van der Waals surface area contributed by atoms with Crippen molar-refractivity contribution >= 4 is 11.9 Å². The van der Waals surface area contributed by atoms with Gasteiger partial charge >= 0.3 is 11.9 Å². The van der Waals surface area contributed by atoms with Crippen LogP contribution in [0.2, 0.25) is 0 Å². The van der Waals surface area contributed by atoms with Crippen LogP contribution >= 0.6 is 0 Å². The summed E-state index contributed by atoms with van der Waals surface area (Å²) < 4.78 is 16.9. The van der Waals surface area contributed by atoms with Crippen molar-refractivity contribution in [3.05, 3.63) is 78.8 Å². The van der Waals surface area contributed by atoms with Gasteiger partial charge in [-0.15, -0.1) is 0 Å². The van der Waals surface area contributed by atoms with Crippen LogP contribution in [0.15, 0.2) is 67.5 Å². The molecule has 1 aliphatic heterocycles. The normalized spacial score (nSPS) is 15.6. The van der Waals surface area contributed by atoms with Crippen molar-refractivity contribution in [2.75, 3.05) is 7.11 Å². The van der Waals surface area contributed by atoms with Gasteiger partial charge in [0.25, 0.3) is 0 Å². The zero-order valence-corrected chi connectivity index (χ0v) is 15.0. The number of carbonyl (C=O) groups excluding carboxylic acids is 2. The van der Waals surface area contributed by atoms with Gasteiger partial charge < -0.3 is 18.8 Å². The molecule has 3 rings (SSSR count). The molecule has 140 valence electrons. The molecule has 0 amide bonds. The highest BCUT2D eigenvalue weighted by molar-refractivity contribution is 5.90. The molecule has 27 heavy (non-hydrogen) atoms. The van der Waals surface area contributed by atoms with Crippen LogP contribution < -0.4 is 0 Å². The summed E-state index contributed by atoms with van der Waals surface area (Å²) in [5.74, 6) is -1.77. The third kappa shape index (κ3) is 4.08. The van der Waals surface area contributed by atoms with Gasteiger partial charge in [-0.1, -0.05) is 30.3 Å². The molecule has 0 radical (unpaired) electrons. The largest absolute Gasteiger partial charge is 0.473 e. The van der Waals surface area contributed by atoms with Crippen LogP contribution in [-0.2, 0) is 19.0 Å². The molecular formula is C20H20N2O5. The number of imidazole rings is 1. The van der Waals surface area contributed by atoms with Crippen molar-refractivity contribution in [3.8, 4) is 0 Å². The Hall–Kier alpha value is -3.35. The third-order valence-corrected chi connectivity index (χ3v) is 4.35. The molecule has 0 bridgehead atoms. The van der Waals surface area contributed by atoms with Crippen LogP contribution in [0.1, 0.15) is 29.0 Å². The van der Waals surface area contributed by atoms with Crippen LogP contribution in [0, 0.1) is 5.92 Å². The maximum atomic E-state index is 12.8. The zero-order chi connectivity index (χ0) is 19.2. The molecule has 2 unspecified atom stereocenters. The number of rotatable bonds is 6. The Bertz CT molecular complexity index is 844. The summed E-state index contributed by atoms with van der Waals surface area (Å²) in [6, 6.07) is 9.59. The molecule has 1 aromatic heterocycles. The van der Waals surface area contributed by atoms with Crippen molar-refractivity contribution in [1.29, 1.82) is 0 Å². The molecule has 7 heteroatoms. The summed E-state index contributed by atoms with van der Waals surface area (Å²) in [5, 5.41) is 0. The number of methoxy groups -OCH3 is 1. The van der Waals surface area contributed by atoms with E-state index in [0.717, 1.165) is 5.56 Å². The second kappa shape index (κ2) is 8.35. The standard InChI is InChI=1S/C20H20N2O5/c1-14(15-6-4-3-5-7-15)22-13-21-12-17(22)19(23)27-18(20(24)25-2)16-8-10-26-11-9-16/h3-14,16,18H,1-2H3. The Morgan fingerprint density at radius 2 is 1.89 bits per heavy atom. The minimum atomic E-state index is -1.12. The molecule has 2 atom stereocenters. The van der Waals surface area contributed by atoms with E-state index in [1.807, 2.05) is 37.3 Å². The van der Waals surface area contributed by atoms with Crippen LogP contribution in [0.3, 0.4) is 0 Å². The summed E-state index contributed by atoms with van der Waals surface area (Å²) in [7, 11) is 1.25. The molecular weight excluding hydrogens is 348 g/mol. The average molecular weight is 368 g/mol. The zero-order valence-electron chi connectivity index (χ0n) is 15.0. The van der Waals surface area contributed by atoms with Gasteiger partial charge in [0.1, 0.15) is 5.69 Å². The molecule has 0 saturated carbocycles. The molecule has 2 heterocycles. The first-order chi connectivity index (χ1) is 13.1. The maximum absolute atomic E-state index is 12.8. The van der Waals surface area contributed by atoms with E-state index >= 15 is 0 Å². The van der Waals surface area contributed by atoms with Crippen LogP contribution in [-0.4, -0.2) is 34.7 Å². The minimum absolute atomic E-state index is 0.129. The molecule has 7 nitrogen and oxygen atoms in total. The Balaban J connectivity index is 1.82. The molecule has 1 aliphatic rings. The molecule has 0 saturated heterocycles. The topological polar surface area (TPSA) is 79.7 Å². The van der Waals surface area contributed by atoms with E-state index in [1.165, 1.54) is 25.8 Å². The number of hydrogen-bond donors (Lipinski definition) is 0. The van der Waals surface area contributed by atoms with Gasteiger partial charge in [0, 0.05) is 5.92 Å². The maximum Gasteiger partial charge on any atom is 0.357 e. The van der Waals surface area contributed by atoms with Crippen molar-refractivity contribution in [3.63, 3.8) is 0 Å². The molecule has 2 aromatic rings. The van der Waals surface area contributed by atoms with Gasteiger partial charge in [-0.3, -0.25) is 0 Å². The van der Waals surface area contributed by atoms with Crippen molar-refractivity contribution in [2.24, 2.45) is 5.92 Å². The lowest BCUT2D eigenvalue weighted by Gasteiger charge is -2.22. The van der Waals surface area contributed by atoms with E-state index in [0.29, 0.717) is 0 Å². The van der Waals surface area contributed by atoms with Gasteiger partial charge in [0.15, 0.2) is 0 Å². The first-order valence-corrected chi connectivity index (χ1v) is 8.46. The summed E-state index contributed by atoms with van der Waals surface area (Å²) >= 11 is 0. The molecule has 1 aromatic carbocycles. The summed E-state index contributed by atoms with van der Waals surface area (Å²) in [4.78, 5) is 29.0. The van der Waals surface area contributed by atoms with Gasteiger partial charge in [-0.2, -0.15) is 0 Å². The average Bonchev–Trinajstić information content (AvgIpc) is 3.22. The lowest BCUT2D eigenvalue weighted by Crippen LogP contribution is -2.35. The fourth-order valence-corrected chi connectivity index (χ4v) is 2.82. The minimum Gasteiger partial charge on any atom is -0.473 e. The number of hydrogen-bond acceptors (Lipinski definition) is 6. The fourth-order valence-electron chi connectivity index (χ4n) is 2.82. The van der Waals surface area contributed by atoms with Gasteiger partial charge in [-0.25, -0.2) is 14.6 Å². The Kier molecular flexibility index (Phi) is 5.71. The highest BCUT2D eigenvalue weighted by Crippen LogP contribution is 2.22. The molecule has 0 spiro atoms. The second-order valence-electron chi connectivity index (χ2n) is 5.99. The first-order valence-electron chi connectivity index (χ1n) is 8.46. The lowest BCUT2D eigenvalue weighted by atomic mass is 10.0. The monoisotopic (exact) mass is 368 g/mol. The highest BCUT2D eigenvalue weighted by atomic mass is 16.6. The Morgan fingerprint density at radius 3 is 2.56 bits per heavy atom. The third-order valence-electron chi connectivity index (χ3n) is 4.35. The molecule has 0 fully saturated rings. The molecule has 0 N–H and O–H groups in total. The van der Waals surface area contributed by atoms with E-state index in [4.69, 9.17) is 14.2 Å². The second-order valence-corrected chi connectivity index (χ2v) is 5.99. The van der Waals surface area contributed by atoms with Crippen LogP contribution in [0.4, 0.5) is 0 Å². The first kappa shape index (κ1) is 18.4. The smallest absolute Gasteiger partial charge is 0.357 e. The van der Waals surface area contributed by atoms with Crippen LogP contribution in [0.25, 0.3) is 0 Å². The van der Waals surface area contributed by atoms with Gasteiger partial charge in [-0.05, 0) is 24.6 Å². The lowest BCUT2D eigenvalue weighted by molar-refractivity contribution is -0.152. The van der Waals surface area contributed by atoms with E-state index in [2.05, 4.69) is 4.98 Å². The summed E-state index contributed by atoms with van der Waals surface area (Å²) in [5.41, 5.74) is 1.27. The van der Waals surface area contributed by atoms with Crippen molar-refractivity contribution < 1.29 is 23.8 Å². The fraction of sp³-hybridized carbons (Fsp3) is 0.250. The number of nitrogens with zero attached hydrogens (tertiary/aromatic N) is 2. The Labute approximate surface area is 156 Å². The number of ether oxygens (including phenoxy) is 3. The predicted molar refractivity (Wildman–Crippen MR) is 96.6 cm³/mol. The van der Waals surface area contributed by atoms with Crippen LogP contribution in [0.5, 0.6) is 0 Å². The molecule has 0 aliphatic carbocycles. The number of esters is 2. The number of benzene rings is 1. The van der Waals surface area contributed by atoms with E-state index in [9.17, 15) is 9.59 Å². The quantitative estimate of drug-likeness (QED) is 0.730. The number of carbonyl (C=O) groups is 2. The van der Waals surface area contributed by atoms with Crippen molar-refractivity contribution in [2.45, 2.75) is 19.1 Å². The van der Waals surface area contributed by atoms with Gasteiger partial charge in [0.2, 0.25) is 6.10 Å². The summed E-state index contributed by atoms with van der Waals surface area (Å²) in [6.45, 7) is 1.95. The number of aromatic nitrogens is 2. The predicted octanol–water partition coefficient (Wildman–Crippen LogP) is 2.86. The van der Waals surface area contributed by atoms with E-state index in [-0.39, 0.29) is 11.7 Å². The van der Waals surface area contributed by atoms with E-state index in [1.54, 1.807) is 23.0 Å². The highest BCUT2D eigenvalue weighted by Gasteiger charge is 2.32. The SMILES string of the molecule is COC(=O)C(OC(=O)c1cncn1C(C)c1ccccc1)C1C=COC=C1. The Morgan fingerprint density at radius 1 is 1.19 bits per heavy atom. The van der Waals surface area contributed by atoms with Gasteiger partial charge in [0.05, 0.1) is 38.2 Å². The van der Waals surface area contributed by atoms with Crippen molar-refractivity contribution in [1.82, 2.24) is 9.55 Å².